The summed E-state index contributed by atoms with van der Waals surface area (Å²) in [6, 6.07) is 0. The number of aryl methyl sites for hydroxylation is 1. The van der Waals surface area contributed by atoms with Gasteiger partial charge in [-0.1, -0.05) is 11.8 Å². The van der Waals surface area contributed by atoms with Crippen molar-refractivity contribution >= 4 is 23.5 Å². The average Bonchev–Trinajstić information content (AvgIpc) is 3.06. The molecule has 0 bridgehead atoms. The van der Waals surface area contributed by atoms with Crippen molar-refractivity contribution in [3.8, 4) is 0 Å². The molecule has 0 saturated heterocycles. The van der Waals surface area contributed by atoms with E-state index < -0.39 is 23.2 Å². The summed E-state index contributed by atoms with van der Waals surface area (Å²) in [6.45, 7) is 4.78. The van der Waals surface area contributed by atoms with E-state index in [-0.39, 0.29) is 22.2 Å². The summed E-state index contributed by atoms with van der Waals surface area (Å²) in [7, 11) is 2.42. The Hall–Kier alpha value is -2.30. The van der Waals surface area contributed by atoms with Gasteiger partial charge in [0.05, 0.1) is 23.6 Å². The van der Waals surface area contributed by atoms with Gasteiger partial charge in [-0.2, -0.15) is 13.2 Å². The van der Waals surface area contributed by atoms with Crippen molar-refractivity contribution in [2.75, 3.05) is 7.11 Å². The number of aromatic amines is 1. The molecule has 2 aromatic heterocycles. The third kappa shape index (κ3) is 3.62. The highest BCUT2D eigenvalue weighted by Crippen LogP contribution is 2.32. The molecule has 2 rings (SSSR count). The van der Waals surface area contributed by atoms with E-state index in [1.807, 2.05) is 0 Å². The first-order chi connectivity index (χ1) is 12.0. The molecule has 0 aliphatic carbocycles. The molecule has 0 aliphatic heterocycles. The Labute approximate surface area is 151 Å². The predicted octanol–water partition coefficient (Wildman–Crippen LogP) is 2.93. The highest BCUT2D eigenvalue weighted by atomic mass is 32.2. The second kappa shape index (κ2) is 7.14. The Balaban J connectivity index is 2.27. The number of ketones is 1. The highest BCUT2D eigenvalue weighted by molar-refractivity contribution is 8.00. The van der Waals surface area contributed by atoms with Gasteiger partial charge in [-0.15, -0.1) is 10.2 Å². The number of thioether (sulfide) groups is 1. The van der Waals surface area contributed by atoms with Crippen molar-refractivity contribution in [1.82, 2.24) is 19.7 Å². The number of carbonyl (C=O) groups is 2. The van der Waals surface area contributed by atoms with Gasteiger partial charge in [-0.05, 0) is 26.3 Å². The number of nitrogens with zero attached hydrogens (tertiary/aromatic N) is 3. The maximum atomic E-state index is 12.8. The van der Waals surface area contributed by atoms with Gasteiger partial charge in [0.2, 0.25) is 5.82 Å². The first kappa shape index (κ1) is 20.0. The summed E-state index contributed by atoms with van der Waals surface area (Å²) in [5, 5.41) is 5.85. The lowest BCUT2D eigenvalue weighted by Crippen LogP contribution is -2.17. The van der Waals surface area contributed by atoms with Gasteiger partial charge in [0, 0.05) is 12.7 Å². The Bertz CT molecular complexity index is 857. The molecular weight excluding hydrogens is 373 g/mol. The number of hydrogen-bond donors (Lipinski definition) is 1. The molecule has 0 aliphatic rings. The maximum absolute atomic E-state index is 12.8. The summed E-state index contributed by atoms with van der Waals surface area (Å²) in [4.78, 5) is 27.3. The molecule has 0 aromatic carbocycles. The summed E-state index contributed by atoms with van der Waals surface area (Å²) in [6.07, 6.45) is -4.63. The second-order valence-corrected chi connectivity index (χ2v) is 6.91. The fourth-order valence-corrected chi connectivity index (χ4v) is 3.36. The lowest BCUT2D eigenvalue weighted by Gasteiger charge is -2.10. The number of halogens is 3. The van der Waals surface area contributed by atoms with Crippen LogP contribution < -0.4 is 0 Å². The molecule has 7 nitrogen and oxygen atoms in total. The van der Waals surface area contributed by atoms with Crippen molar-refractivity contribution in [3.05, 3.63) is 28.3 Å². The van der Waals surface area contributed by atoms with E-state index in [2.05, 4.69) is 15.2 Å². The van der Waals surface area contributed by atoms with Gasteiger partial charge in [0.15, 0.2) is 10.9 Å². The molecule has 0 spiro atoms. The molecular formula is C15H17F3N4O3S. The van der Waals surface area contributed by atoms with E-state index in [0.717, 1.165) is 16.3 Å². The fraction of sp³-hybridized carbons (Fsp3) is 0.467. The normalized spacial score (nSPS) is 12.9. The number of Topliss-reactive ketones (excluding diaryl/α,β-unsaturated/α-hetero) is 1. The number of rotatable bonds is 5. The molecule has 142 valence electrons. The Morgan fingerprint density at radius 1 is 1.27 bits per heavy atom. The zero-order valence-corrected chi connectivity index (χ0v) is 15.5. The van der Waals surface area contributed by atoms with Gasteiger partial charge in [-0.3, -0.25) is 4.79 Å². The van der Waals surface area contributed by atoms with Crippen molar-refractivity contribution < 1.29 is 27.5 Å². The van der Waals surface area contributed by atoms with Crippen LogP contribution in [-0.4, -0.2) is 43.9 Å². The van der Waals surface area contributed by atoms with Gasteiger partial charge in [0.25, 0.3) is 0 Å². The lowest BCUT2D eigenvalue weighted by atomic mass is 10.1. The molecule has 0 amide bonds. The summed E-state index contributed by atoms with van der Waals surface area (Å²) < 4.78 is 43.8. The third-order valence-corrected chi connectivity index (χ3v) is 4.95. The molecule has 1 N–H and O–H groups in total. The number of hydrogen-bond acceptors (Lipinski definition) is 6. The molecule has 11 heteroatoms. The quantitative estimate of drug-likeness (QED) is 0.480. The number of aromatic nitrogens is 4. The van der Waals surface area contributed by atoms with Crippen molar-refractivity contribution in [2.45, 2.75) is 37.4 Å². The SMILES string of the molecule is COC(=O)c1c(C)[nH]c(C(=O)[C@H](C)Sc2nnc(C(F)(F)F)n2C)c1C. The van der Waals surface area contributed by atoms with E-state index in [0.29, 0.717) is 11.3 Å². The van der Waals surface area contributed by atoms with Crippen LogP contribution >= 0.6 is 11.8 Å². The van der Waals surface area contributed by atoms with Crippen LogP contribution in [0.15, 0.2) is 5.16 Å². The monoisotopic (exact) mass is 390 g/mol. The fourth-order valence-electron chi connectivity index (χ4n) is 2.48. The van der Waals surface area contributed by atoms with E-state index >= 15 is 0 Å². The first-order valence-corrected chi connectivity index (χ1v) is 8.31. The number of carbonyl (C=O) groups excluding carboxylic acids is 2. The molecule has 2 heterocycles. The lowest BCUT2D eigenvalue weighted by molar-refractivity contribution is -0.147. The van der Waals surface area contributed by atoms with E-state index in [1.165, 1.54) is 14.2 Å². The van der Waals surface area contributed by atoms with Crippen LogP contribution in [0.5, 0.6) is 0 Å². The average molecular weight is 390 g/mol. The van der Waals surface area contributed by atoms with Crippen LogP contribution in [0.2, 0.25) is 0 Å². The number of H-pyrrole nitrogens is 1. The smallest absolute Gasteiger partial charge is 0.451 e. The van der Waals surface area contributed by atoms with Crippen LogP contribution in [0.1, 0.15) is 44.9 Å². The van der Waals surface area contributed by atoms with E-state index in [4.69, 9.17) is 4.74 Å². The van der Waals surface area contributed by atoms with Crippen molar-refractivity contribution in [2.24, 2.45) is 7.05 Å². The Kier molecular flexibility index (Phi) is 5.49. The molecule has 0 saturated carbocycles. The zero-order valence-electron chi connectivity index (χ0n) is 14.7. The van der Waals surface area contributed by atoms with Gasteiger partial charge >= 0.3 is 12.1 Å². The highest BCUT2D eigenvalue weighted by Gasteiger charge is 2.38. The van der Waals surface area contributed by atoms with Crippen LogP contribution in [0.3, 0.4) is 0 Å². The van der Waals surface area contributed by atoms with Crippen molar-refractivity contribution in [1.29, 1.82) is 0 Å². The summed E-state index contributed by atoms with van der Waals surface area (Å²) in [5.74, 6) is -2.08. The standard InChI is InChI=1S/C15H17F3N4O3S/c1-6-9(12(24)25-5)7(2)19-10(6)11(23)8(3)26-14-21-20-13(22(14)4)15(16,17)18/h8,19H,1-5H3/t8-/m0/s1. The van der Waals surface area contributed by atoms with Gasteiger partial charge in [0.1, 0.15) is 0 Å². The molecule has 2 aromatic rings. The third-order valence-electron chi connectivity index (χ3n) is 3.81. The molecule has 0 fully saturated rings. The summed E-state index contributed by atoms with van der Waals surface area (Å²) >= 11 is 0.852. The largest absolute Gasteiger partial charge is 0.465 e. The Morgan fingerprint density at radius 3 is 2.38 bits per heavy atom. The number of methoxy groups -OCH3 is 1. The molecule has 26 heavy (non-hydrogen) atoms. The topological polar surface area (TPSA) is 89.9 Å². The first-order valence-electron chi connectivity index (χ1n) is 7.44. The number of alkyl halides is 3. The van der Waals surface area contributed by atoms with Gasteiger partial charge < -0.3 is 14.3 Å². The van der Waals surface area contributed by atoms with Crippen LogP contribution in [0, 0.1) is 13.8 Å². The minimum absolute atomic E-state index is 0.0349. The summed E-state index contributed by atoms with van der Waals surface area (Å²) in [5.41, 5.74) is 1.39. The molecule has 0 unspecified atom stereocenters. The number of esters is 1. The number of ether oxygens (including phenoxy) is 1. The zero-order chi connectivity index (χ0) is 19.8. The van der Waals surface area contributed by atoms with Crippen molar-refractivity contribution in [3.63, 3.8) is 0 Å². The predicted molar refractivity (Wildman–Crippen MR) is 87.3 cm³/mol. The maximum Gasteiger partial charge on any atom is 0.451 e. The van der Waals surface area contributed by atoms with Crippen LogP contribution in [-0.2, 0) is 18.0 Å². The van der Waals surface area contributed by atoms with Gasteiger partial charge in [-0.25, -0.2) is 4.79 Å². The minimum atomic E-state index is -4.63. The Morgan fingerprint density at radius 2 is 1.88 bits per heavy atom. The minimum Gasteiger partial charge on any atom is -0.465 e. The molecule has 0 radical (unpaired) electrons. The van der Waals surface area contributed by atoms with Crippen LogP contribution in [0.25, 0.3) is 0 Å². The molecule has 1 atom stereocenters. The van der Waals surface area contributed by atoms with Crippen LogP contribution in [0.4, 0.5) is 13.2 Å². The van der Waals surface area contributed by atoms with E-state index in [1.54, 1.807) is 20.8 Å². The van der Waals surface area contributed by atoms with E-state index in [9.17, 15) is 22.8 Å². The number of nitrogens with one attached hydrogen (secondary N) is 1. The second-order valence-electron chi connectivity index (χ2n) is 5.60.